The van der Waals surface area contributed by atoms with Gasteiger partial charge in [0.1, 0.15) is 0 Å². The van der Waals surface area contributed by atoms with E-state index >= 15 is 0 Å². The van der Waals surface area contributed by atoms with Gasteiger partial charge < -0.3 is 10.6 Å². The van der Waals surface area contributed by atoms with Crippen LogP contribution in [0.3, 0.4) is 0 Å². The zero-order valence-corrected chi connectivity index (χ0v) is 11.3. The molecule has 1 saturated heterocycles. The molecule has 2 N–H and O–H groups in total. The highest BCUT2D eigenvalue weighted by Gasteiger charge is 2.20. The Bertz CT molecular complexity index is 402. The van der Waals surface area contributed by atoms with Crippen LogP contribution in [0.25, 0.3) is 0 Å². The minimum Gasteiger partial charge on any atom is -0.351 e. The van der Waals surface area contributed by atoms with Gasteiger partial charge >= 0.3 is 0 Å². The minimum atomic E-state index is 0.00285. The third kappa shape index (κ3) is 3.10. The monoisotopic (exact) mass is 246 g/mol. The molecule has 1 aromatic rings. The predicted molar refractivity (Wildman–Crippen MR) is 73.4 cm³/mol. The van der Waals surface area contributed by atoms with E-state index in [1.54, 1.807) is 0 Å². The summed E-state index contributed by atoms with van der Waals surface area (Å²) in [5, 5.41) is 6.32. The van der Waals surface area contributed by atoms with E-state index in [0.29, 0.717) is 6.54 Å². The summed E-state index contributed by atoms with van der Waals surface area (Å²) in [5.74, 6) is 0.136. The molecule has 0 bridgehead atoms. The number of hydrogen-bond donors (Lipinski definition) is 2. The highest BCUT2D eigenvalue weighted by atomic mass is 16.2. The molecule has 18 heavy (non-hydrogen) atoms. The van der Waals surface area contributed by atoms with Crippen molar-refractivity contribution in [3.8, 4) is 0 Å². The number of carbonyl (C=O) groups excluding carboxylic acids is 1. The zero-order valence-electron chi connectivity index (χ0n) is 11.3. The van der Waals surface area contributed by atoms with Crippen molar-refractivity contribution in [3.63, 3.8) is 0 Å². The first kappa shape index (κ1) is 13.1. The van der Waals surface area contributed by atoms with Crippen LogP contribution in [0.5, 0.6) is 0 Å². The first-order chi connectivity index (χ1) is 8.68. The van der Waals surface area contributed by atoms with Crippen molar-refractivity contribution in [1.82, 2.24) is 10.6 Å². The van der Waals surface area contributed by atoms with Crippen LogP contribution in [0.1, 0.15) is 36.0 Å². The number of piperidine rings is 1. The highest BCUT2D eigenvalue weighted by molar-refractivity contribution is 5.81. The number of benzene rings is 1. The quantitative estimate of drug-likeness (QED) is 0.857. The lowest BCUT2D eigenvalue weighted by molar-refractivity contribution is -0.123. The molecule has 1 aromatic carbocycles. The maximum Gasteiger partial charge on any atom is 0.237 e. The van der Waals surface area contributed by atoms with Crippen LogP contribution in [0.4, 0.5) is 0 Å². The fraction of sp³-hybridized carbons (Fsp3) is 0.533. The Morgan fingerprint density at radius 1 is 1.33 bits per heavy atom. The summed E-state index contributed by atoms with van der Waals surface area (Å²) in [5.41, 5.74) is 3.72. The minimum absolute atomic E-state index is 0.00285. The number of amides is 1. The average Bonchev–Trinajstić information content (AvgIpc) is 2.39. The van der Waals surface area contributed by atoms with Crippen LogP contribution < -0.4 is 10.6 Å². The third-order valence-corrected chi connectivity index (χ3v) is 3.71. The molecule has 0 saturated carbocycles. The van der Waals surface area contributed by atoms with Crippen molar-refractivity contribution in [1.29, 1.82) is 0 Å². The van der Waals surface area contributed by atoms with Gasteiger partial charge in [-0.1, -0.05) is 24.6 Å². The Balaban J connectivity index is 1.92. The first-order valence-corrected chi connectivity index (χ1v) is 6.74. The van der Waals surface area contributed by atoms with Gasteiger partial charge in [-0.15, -0.1) is 0 Å². The molecule has 1 fully saturated rings. The molecule has 0 aromatic heterocycles. The van der Waals surface area contributed by atoms with Crippen molar-refractivity contribution in [2.75, 3.05) is 6.54 Å². The molecule has 1 unspecified atom stereocenters. The molecule has 3 heteroatoms. The van der Waals surface area contributed by atoms with E-state index in [9.17, 15) is 4.79 Å². The lowest BCUT2D eigenvalue weighted by Crippen LogP contribution is -2.46. The molecule has 1 aliphatic heterocycles. The van der Waals surface area contributed by atoms with Gasteiger partial charge in [0, 0.05) is 6.54 Å². The smallest absolute Gasteiger partial charge is 0.237 e. The Morgan fingerprint density at radius 3 is 2.67 bits per heavy atom. The van der Waals surface area contributed by atoms with Gasteiger partial charge in [0.2, 0.25) is 5.91 Å². The summed E-state index contributed by atoms with van der Waals surface area (Å²) in [6.45, 7) is 5.78. The van der Waals surface area contributed by atoms with E-state index in [4.69, 9.17) is 0 Å². The lowest BCUT2D eigenvalue weighted by Gasteiger charge is -2.23. The molecule has 1 heterocycles. The molecule has 0 spiro atoms. The topological polar surface area (TPSA) is 41.1 Å². The van der Waals surface area contributed by atoms with Gasteiger partial charge in [-0.2, -0.15) is 0 Å². The fourth-order valence-electron chi connectivity index (χ4n) is 2.50. The van der Waals surface area contributed by atoms with Crippen LogP contribution in [0, 0.1) is 13.8 Å². The summed E-state index contributed by atoms with van der Waals surface area (Å²) in [6, 6.07) is 6.24. The molecular weight excluding hydrogens is 224 g/mol. The maximum absolute atomic E-state index is 12.0. The molecule has 3 nitrogen and oxygen atoms in total. The largest absolute Gasteiger partial charge is 0.351 e. The van der Waals surface area contributed by atoms with Crippen LogP contribution in [0.15, 0.2) is 18.2 Å². The summed E-state index contributed by atoms with van der Waals surface area (Å²) in [7, 11) is 0. The van der Waals surface area contributed by atoms with Gasteiger partial charge in [0.05, 0.1) is 6.04 Å². The molecule has 1 aliphatic rings. The second-order valence-corrected chi connectivity index (χ2v) is 5.09. The van der Waals surface area contributed by atoms with Gasteiger partial charge in [-0.05, 0) is 49.9 Å². The highest BCUT2D eigenvalue weighted by Crippen LogP contribution is 2.13. The summed E-state index contributed by atoms with van der Waals surface area (Å²) < 4.78 is 0. The van der Waals surface area contributed by atoms with Crippen LogP contribution in [0.2, 0.25) is 0 Å². The third-order valence-electron chi connectivity index (χ3n) is 3.71. The molecule has 1 amide bonds. The number of carbonyl (C=O) groups is 1. The van der Waals surface area contributed by atoms with E-state index in [-0.39, 0.29) is 11.9 Å². The Kier molecular flexibility index (Phi) is 4.37. The molecule has 0 aliphatic carbocycles. The average molecular weight is 246 g/mol. The van der Waals surface area contributed by atoms with E-state index in [1.807, 2.05) is 0 Å². The van der Waals surface area contributed by atoms with Gasteiger partial charge in [-0.3, -0.25) is 4.79 Å². The molecular formula is C15H22N2O. The van der Waals surface area contributed by atoms with Crippen molar-refractivity contribution in [2.24, 2.45) is 0 Å². The standard InChI is InChI=1S/C15H22N2O/c1-11-6-5-7-12(2)13(11)10-17-15(18)14-8-3-4-9-16-14/h5-7,14,16H,3-4,8-10H2,1-2H3,(H,17,18). The molecule has 1 atom stereocenters. The summed E-state index contributed by atoms with van der Waals surface area (Å²) >= 11 is 0. The van der Waals surface area contributed by atoms with Crippen LogP contribution in [-0.4, -0.2) is 18.5 Å². The Morgan fingerprint density at radius 2 is 2.06 bits per heavy atom. The number of rotatable bonds is 3. The van der Waals surface area contributed by atoms with Gasteiger partial charge in [-0.25, -0.2) is 0 Å². The Labute approximate surface area is 109 Å². The molecule has 2 rings (SSSR count). The second kappa shape index (κ2) is 6.01. The van der Waals surface area contributed by atoms with E-state index in [1.165, 1.54) is 23.1 Å². The number of hydrogen-bond acceptors (Lipinski definition) is 2. The van der Waals surface area contributed by atoms with Crippen molar-refractivity contribution >= 4 is 5.91 Å². The lowest BCUT2D eigenvalue weighted by atomic mass is 10.0. The Hall–Kier alpha value is -1.35. The van der Waals surface area contributed by atoms with E-state index in [2.05, 4.69) is 42.7 Å². The fourth-order valence-corrected chi connectivity index (χ4v) is 2.50. The predicted octanol–water partition coefficient (Wildman–Crippen LogP) is 2.06. The van der Waals surface area contributed by atoms with Crippen LogP contribution >= 0.6 is 0 Å². The molecule has 98 valence electrons. The van der Waals surface area contributed by atoms with Crippen molar-refractivity contribution in [3.05, 3.63) is 34.9 Å². The first-order valence-electron chi connectivity index (χ1n) is 6.74. The van der Waals surface area contributed by atoms with Crippen molar-refractivity contribution < 1.29 is 4.79 Å². The summed E-state index contributed by atoms with van der Waals surface area (Å²) in [6.07, 6.45) is 3.29. The number of nitrogens with one attached hydrogen (secondary N) is 2. The van der Waals surface area contributed by atoms with E-state index in [0.717, 1.165) is 19.4 Å². The SMILES string of the molecule is Cc1cccc(C)c1CNC(=O)C1CCCCN1. The van der Waals surface area contributed by atoms with Crippen LogP contribution in [-0.2, 0) is 11.3 Å². The van der Waals surface area contributed by atoms with Gasteiger partial charge in [0.25, 0.3) is 0 Å². The molecule has 0 radical (unpaired) electrons. The maximum atomic E-state index is 12.0. The van der Waals surface area contributed by atoms with Gasteiger partial charge in [0.15, 0.2) is 0 Å². The normalized spacial score (nSPS) is 19.6. The van der Waals surface area contributed by atoms with Crippen molar-refractivity contribution in [2.45, 2.75) is 45.7 Å². The second-order valence-electron chi connectivity index (χ2n) is 5.09. The number of aryl methyl sites for hydroxylation is 2. The van der Waals surface area contributed by atoms with E-state index < -0.39 is 0 Å². The zero-order chi connectivity index (χ0) is 13.0. The summed E-state index contributed by atoms with van der Waals surface area (Å²) in [4.78, 5) is 12.0.